The molecule has 0 unspecified atom stereocenters. The van der Waals surface area contributed by atoms with Crippen LogP contribution < -0.4 is 0 Å². The summed E-state index contributed by atoms with van der Waals surface area (Å²) in [5.74, 6) is 0. The summed E-state index contributed by atoms with van der Waals surface area (Å²) in [6.07, 6.45) is 3.36. The Morgan fingerprint density at radius 1 is 1.71 bits per heavy atom. The monoisotopic (exact) mass is 138 g/mol. The molecule has 0 aliphatic heterocycles. The van der Waals surface area contributed by atoms with Crippen LogP contribution in [-0.4, -0.2) is 0 Å². The minimum absolute atomic E-state index is 0. The van der Waals surface area contributed by atoms with Crippen molar-refractivity contribution in [3.8, 4) is 0 Å². The van der Waals surface area contributed by atoms with Gasteiger partial charge in [0.05, 0.1) is 0 Å². The van der Waals surface area contributed by atoms with Crippen LogP contribution in [0.4, 0.5) is 0 Å². The predicted molar refractivity (Wildman–Crippen MR) is 28.0 cm³/mol. The summed E-state index contributed by atoms with van der Waals surface area (Å²) in [5, 5.41) is 0. The van der Waals surface area contributed by atoms with Gasteiger partial charge in [-0.05, 0) is 0 Å². The SMILES string of the molecule is C=[C-]CC(=C)[CH2-].[Ni+2]. The third-order valence-corrected chi connectivity index (χ3v) is 0.375. The van der Waals surface area contributed by atoms with Gasteiger partial charge >= 0.3 is 16.5 Å². The van der Waals surface area contributed by atoms with Gasteiger partial charge in [-0.1, -0.05) is 0 Å². The van der Waals surface area contributed by atoms with Crippen LogP contribution in [0.15, 0.2) is 18.7 Å². The molecule has 0 atom stereocenters. The molecular weight excluding hydrogens is 131 g/mol. The zero-order valence-corrected chi connectivity index (χ0v) is 5.13. The van der Waals surface area contributed by atoms with E-state index in [1.807, 2.05) is 0 Å². The van der Waals surface area contributed by atoms with Gasteiger partial charge in [0.2, 0.25) is 0 Å². The fraction of sp³-hybridized carbons (Fsp3) is 0.167. The Morgan fingerprint density at radius 3 is 2.14 bits per heavy atom. The number of allylic oxidation sites excluding steroid dienone is 2. The van der Waals surface area contributed by atoms with Crippen LogP contribution in [0.3, 0.4) is 0 Å². The summed E-state index contributed by atoms with van der Waals surface area (Å²) in [4.78, 5) is 0. The summed E-state index contributed by atoms with van der Waals surface area (Å²) in [6.45, 7) is 10.4. The van der Waals surface area contributed by atoms with Crippen molar-refractivity contribution < 1.29 is 16.5 Å². The summed E-state index contributed by atoms with van der Waals surface area (Å²) >= 11 is 0. The quantitative estimate of drug-likeness (QED) is 0.403. The maximum Gasteiger partial charge on any atom is 2.00 e. The largest absolute Gasteiger partial charge is 2.00 e. The van der Waals surface area contributed by atoms with E-state index in [0.717, 1.165) is 5.57 Å². The van der Waals surface area contributed by atoms with E-state index in [9.17, 15) is 0 Å². The molecule has 0 N–H and O–H groups in total. The molecule has 0 nitrogen and oxygen atoms in total. The maximum atomic E-state index is 3.53. The molecule has 0 heterocycles. The second-order valence-electron chi connectivity index (χ2n) is 1.18. The molecular formula is C6H8Ni. The summed E-state index contributed by atoms with van der Waals surface area (Å²) in [5.41, 5.74) is 0.866. The van der Waals surface area contributed by atoms with Gasteiger partial charge < -0.3 is 6.08 Å². The molecule has 0 saturated carbocycles. The van der Waals surface area contributed by atoms with Crippen molar-refractivity contribution in [2.45, 2.75) is 6.42 Å². The Morgan fingerprint density at radius 2 is 2.14 bits per heavy atom. The van der Waals surface area contributed by atoms with E-state index in [1.54, 1.807) is 0 Å². The molecule has 1 heteroatoms. The third kappa shape index (κ3) is 10.7. The van der Waals surface area contributed by atoms with E-state index in [-0.39, 0.29) is 16.5 Å². The number of rotatable bonds is 2. The second kappa shape index (κ2) is 5.84. The molecule has 0 saturated heterocycles. The molecule has 0 aliphatic rings. The molecule has 0 radical (unpaired) electrons. The third-order valence-electron chi connectivity index (χ3n) is 0.375. The minimum atomic E-state index is 0. The second-order valence-corrected chi connectivity index (χ2v) is 1.18. The predicted octanol–water partition coefficient (Wildman–Crippen LogP) is 1.75. The van der Waals surface area contributed by atoms with Crippen molar-refractivity contribution in [1.29, 1.82) is 0 Å². The molecule has 0 spiro atoms. The van der Waals surface area contributed by atoms with Gasteiger partial charge in [-0.3, -0.25) is 12.2 Å². The van der Waals surface area contributed by atoms with Crippen LogP contribution in [0.1, 0.15) is 6.42 Å². The van der Waals surface area contributed by atoms with Crippen molar-refractivity contribution in [3.63, 3.8) is 0 Å². The summed E-state index contributed by atoms with van der Waals surface area (Å²) < 4.78 is 0. The van der Waals surface area contributed by atoms with Gasteiger partial charge in [-0.25, -0.2) is 13.5 Å². The summed E-state index contributed by atoms with van der Waals surface area (Å²) in [7, 11) is 0. The van der Waals surface area contributed by atoms with Crippen LogP contribution in [0.5, 0.6) is 0 Å². The topological polar surface area (TPSA) is 0 Å². The van der Waals surface area contributed by atoms with E-state index in [0.29, 0.717) is 6.42 Å². The van der Waals surface area contributed by atoms with Gasteiger partial charge in [0.15, 0.2) is 0 Å². The molecule has 0 bridgehead atoms. The van der Waals surface area contributed by atoms with Gasteiger partial charge in [-0.15, -0.1) is 0 Å². The first-order valence-electron chi connectivity index (χ1n) is 1.77. The first-order valence-corrected chi connectivity index (χ1v) is 1.77. The van der Waals surface area contributed by atoms with Crippen LogP contribution in [0.25, 0.3) is 0 Å². The summed E-state index contributed by atoms with van der Waals surface area (Å²) in [6, 6.07) is 0. The van der Waals surface area contributed by atoms with Crippen molar-refractivity contribution >= 4 is 0 Å². The van der Waals surface area contributed by atoms with Gasteiger partial charge in [0.25, 0.3) is 0 Å². The van der Waals surface area contributed by atoms with E-state index < -0.39 is 0 Å². The van der Waals surface area contributed by atoms with Crippen LogP contribution in [0, 0.1) is 13.0 Å². The van der Waals surface area contributed by atoms with Crippen LogP contribution in [-0.2, 0) is 16.5 Å². The fourth-order valence-corrected chi connectivity index (χ4v) is 0.177. The fourth-order valence-electron chi connectivity index (χ4n) is 0.177. The smallest absolute Gasteiger partial charge is 0.503 e. The Hall–Kier alpha value is -0.156. The average Bonchev–Trinajstić information content (AvgIpc) is 1.35. The van der Waals surface area contributed by atoms with Crippen molar-refractivity contribution in [1.82, 2.24) is 0 Å². The standard InChI is InChI=1S/C6H8.Ni/c1-4-5-6(2)3;/h1-3,5H2;/q-2;+2. The first-order chi connectivity index (χ1) is 2.77. The maximum absolute atomic E-state index is 3.53. The van der Waals surface area contributed by atoms with Crippen molar-refractivity contribution in [2.75, 3.05) is 0 Å². The Bertz CT molecular complexity index is 64.6. The molecule has 0 aliphatic carbocycles. The molecule has 0 rings (SSSR count). The van der Waals surface area contributed by atoms with E-state index in [4.69, 9.17) is 0 Å². The zero-order chi connectivity index (χ0) is 4.99. The van der Waals surface area contributed by atoms with Crippen molar-refractivity contribution in [2.24, 2.45) is 0 Å². The van der Waals surface area contributed by atoms with E-state index >= 15 is 0 Å². The van der Waals surface area contributed by atoms with E-state index in [2.05, 4.69) is 26.2 Å². The molecule has 42 valence electrons. The molecule has 0 aromatic carbocycles. The van der Waals surface area contributed by atoms with Gasteiger partial charge in [0.1, 0.15) is 0 Å². The molecule has 0 aromatic heterocycles. The zero-order valence-electron chi connectivity index (χ0n) is 4.14. The van der Waals surface area contributed by atoms with E-state index in [1.165, 1.54) is 0 Å². The van der Waals surface area contributed by atoms with Gasteiger partial charge in [-0.2, -0.15) is 6.42 Å². The first kappa shape index (κ1) is 9.96. The Kier molecular flexibility index (Phi) is 8.32. The molecule has 0 amide bonds. The van der Waals surface area contributed by atoms with Crippen LogP contribution >= 0.6 is 0 Å². The molecule has 0 aromatic rings. The Balaban J connectivity index is 0. The normalized spacial score (nSPS) is 6.29. The van der Waals surface area contributed by atoms with Gasteiger partial charge in [0, 0.05) is 0 Å². The Labute approximate surface area is 55.2 Å². The molecule has 0 fully saturated rings. The number of hydrogen-bond donors (Lipinski definition) is 0. The van der Waals surface area contributed by atoms with Crippen molar-refractivity contribution in [3.05, 3.63) is 31.7 Å². The molecule has 7 heavy (non-hydrogen) atoms. The van der Waals surface area contributed by atoms with Crippen LogP contribution in [0.2, 0.25) is 0 Å². The average molecular weight is 139 g/mol. The minimum Gasteiger partial charge on any atom is -0.503 e. The number of hydrogen-bond acceptors (Lipinski definition) is 0.